The molecule has 0 aliphatic carbocycles. The molecule has 1 atom stereocenters. The first-order chi connectivity index (χ1) is 7.99. The quantitative estimate of drug-likeness (QED) is 0.934. The van der Waals surface area contributed by atoms with Crippen LogP contribution < -0.4 is 0 Å². The summed E-state index contributed by atoms with van der Waals surface area (Å²) in [6.45, 7) is 1.93. The lowest BCUT2D eigenvalue weighted by Gasteiger charge is -2.08. The highest BCUT2D eigenvalue weighted by atomic mass is 79.9. The normalized spacial score (nSPS) is 13.0. The van der Waals surface area contributed by atoms with E-state index in [1.807, 2.05) is 33.3 Å². The molecule has 17 heavy (non-hydrogen) atoms. The van der Waals surface area contributed by atoms with E-state index in [0.29, 0.717) is 12.1 Å². The molecule has 2 aromatic rings. The van der Waals surface area contributed by atoms with E-state index in [9.17, 15) is 5.11 Å². The second kappa shape index (κ2) is 4.62. The van der Waals surface area contributed by atoms with Crippen molar-refractivity contribution in [1.29, 1.82) is 0 Å². The van der Waals surface area contributed by atoms with E-state index in [1.165, 1.54) is 0 Å². The zero-order valence-corrected chi connectivity index (χ0v) is 11.6. The molecule has 0 amide bonds. The molecule has 0 aliphatic rings. The average Bonchev–Trinajstić information content (AvgIpc) is 2.79. The first-order valence-electron chi connectivity index (χ1n) is 5.34. The first-order valence-corrected chi connectivity index (χ1v) is 6.14. The Balaban J connectivity index is 2.21. The van der Waals surface area contributed by atoms with Crippen molar-refractivity contribution in [2.45, 2.75) is 19.4 Å². The number of aromatic nitrogens is 4. The summed E-state index contributed by atoms with van der Waals surface area (Å²) in [5, 5.41) is 18.6. The Morgan fingerprint density at radius 3 is 2.59 bits per heavy atom. The van der Waals surface area contributed by atoms with Gasteiger partial charge in [0, 0.05) is 26.7 Å². The van der Waals surface area contributed by atoms with Crippen molar-refractivity contribution in [2.75, 3.05) is 0 Å². The van der Waals surface area contributed by atoms with E-state index in [4.69, 9.17) is 0 Å². The van der Waals surface area contributed by atoms with E-state index in [2.05, 4.69) is 26.1 Å². The highest BCUT2D eigenvalue weighted by molar-refractivity contribution is 9.10. The summed E-state index contributed by atoms with van der Waals surface area (Å²) in [6, 6.07) is 1.82. The third-order valence-electron chi connectivity index (χ3n) is 2.72. The predicted octanol–water partition coefficient (Wildman–Crippen LogP) is 1.50. The Hall–Kier alpha value is -1.14. The lowest BCUT2D eigenvalue weighted by Crippen LogP contribution is -2.08. The van der Waals surface area contributed by atoms with Gasteiger partial charge in [-0.2, -0.15) is 10.2 Å². The summed E-state index contributed by atoms with van der Waals surface area (Å²) in [5.41, 5.74) is 2.58. The number of hydrogen-bond acceptors (Lipinski definition) is 3. The van der Waals surface area contributed by atoms with Crippen LogP contribution in [0.15, 0.2) is 16.7 Å². The Morgan fingerprint density at radius 2 is 2.12 bits per heavy atom. The van der Waals surface area contributed by atoms with E-state index in [1.54, 1.807) is 9.36 Å². The molecule has 0 saturated heterocycles. The van der Waals surface area contributed by atoms with Gasteiger partial charge in [-0.25, -0.2) is 0 Å². The monoisotopic (exact) mass is 298 g/mol. The van der Waals surface area contributed by atoms with Gasteiger partial charge in [0.1, 0.15) is 6.10 Å². The van der Waals surface area contributed by atoms with Gasteiger partial charge in [-0.1, -0.05) is 0 Å². The molecule has 92 valence electrons. The van der Waals surface area contributed by atoms with Gasteiger partial charge in [0.05, 0.1) is 21.6 Å². The summed E-state index contributed by atoms with van der Waals surface area (Å²) < 4.78 is 4.42. The minimum atomic E-state index is -0.609. The van der Waals surface area contributed by atoms with Gasteiger partial charge in [0.15, 0.2) is 0 Å². The molecular formula is C11H15BrN4O. The Bertz CT molecular complexity index is 532. The maximum absolute atomic E-state index is 10.1. The first kappa shape index (κ1) is 12.3. The number of rotatable bonds is 3. The largest absolute Gasteiger partial charge is 0.386 e. The van der Waals surface area contributed by atoms with Crippen LogP contribution in [0.5, 0.6) is 0 Å². The van der Waals surface area contributed by atoms with E-state index in [-0.39, 0.29) is 0 Å². The molecule has 0 aromatic carbocycles. The van der Waals surface area contributed by atoms with Crippen molar-refractivity contribution >= 4 is 15.9 Å². The maximum atomic E-state index is 10.1. The average molecular weight is 299 g/mol. The zero-order valence-electron chi connectivity index (χ0n) is 10.1. The summed E-state index contributed by atoms with van der Waals surface area (Å²) in [6.07, 6.45) is 1.71. The fourth-order valence-corrected chi connectivity index (χ4v) is 2.30. The molecule has 0 saturated carbocycles. The molecule has 2 rings (SSSR count). The van der Waals surface area contributed by atoms with Crippen LogP contribution in [0.25, 0.3) is 0 Å². The number of aryl methyl sites for hydroxylation is 3. The van der Waals surface area contributed by atoms with Crippen molar-refractivity contribution < 1.29 is 5.11 Å². The number of nitrogens with zero attached hydrogens (tertiary/aromatic N) is 4. The van der Waals surface area contributed by atoms with Gasteiger partial charge in [-0.3, -0.25) is 9.36 Å². The molecule has 0 fully saturated rings. The molecule has 5 nitrogen and oxygen atoms in total. The van der Waals surface area contributed by atoms with Crippen LogP contribution in [0.2, 0.25) is 0 Å². The summed E-state index contributed by atoms with van der Waals surface area (Å²) >= 11 is 3.49. The SMILES string of the molecule is Cc1nn(C)c(CC(O)c2ccn(C)n2)c1Br. The van der Waals surface area contributed by atoms with Crippen LogP contribution in [-0.4, -0.2) is 24.7 Å². The zero-order chi connectivity index (χ0) is 12.6. The van der Waals surface area contributed by atoms with Gasteiger partial charge >= 0.3 is 0 Å². The van der Waals surface area contributed by atoms with Crippen LogP contribution in [-0.2, 0) is 20.5 Å². The minimum absolute atomic E-state index is 0.495. The van der Waals surface area contributed by atoms with Gasteiger partial charge in [-0.15, -0.1) is 0 Å². The highest BCUT2D eigenvalue weighted by Crippen LogP contribution is 2.25. The fourth-order valence-electron chi connectivity index (χ4n) is 1.80. The molecular weight excluding hydrogens is 284 g/mol. The number of hydrogen-bond donors (Lipinski definition) is 1. The number of halogens is 1. The molecule has 2 heterocycles. The van der Waals surface area contributed by atoms with Crippen LogP contribution >= 0.6 is 15.9 Å². The van der Waals surface area contributed by atoms with Crippen LogP contribution in [0.4, 0.5) is 0 Å². The van der Waals surface area contributed by atoms with Crippen molar-refractivity contribution in [3.63, 3.8) is 0 Å². The van der Waals surface area contributed by atoms with Crippen molar-refractivity contribution in [3.05, 3.63) is 33.8 Å². The lowest BCUT2D eigenvalue weighted by atomic mass is 10.1. The van der Waals surface area contributed by atoms with Crippen molar-refractivity contribution in [1.82, 2.24) is 19.6 Å². The Kier molecular flexibility index (Phi) is 3.35. The van der Waals surface area contributed by atoms with Crippen LogP contribution in [0, 0.1) is 6.92 Å². The van der Waals surface area contributed by atoms with E-state index in [0.717, 1.165) is 15.9 Å². The van der Waals surface area contributed by atoms with E-state index < -0.39 is 6.10 Å². The molecule has 0 spiro atoms. The molecule has 0 radical (unpaired) electrons. The lowest BCUT2D eigenvalue weighted by molar-refractivity contribution is 0.170. The third-order valence-corrected chi connectivity index (χ3v) is 3.76. The van der Waals surface area contributed by atoms with Gasteiger partial charge < -0.3 is 5.11 Å². The topological polar surface area (TPSA) is 55.9 Å². The Labute approximate surface area is 108 Å². The highest BCUT2D eigenvalue weighted by Gasteiger charge is 2.17. The standard InChI is InChI=1S/C11H15BrN4O/c1-7-11(12)9(16(3)13-7)6-10(17)8-4-5-15(2)14-8/h4-5,10,17H,6H2,1-3H3. The van der Waals surface area contributed by atoms with Crippen molar-refractivity contribution in [3.8, 4) is 0 Å². The minimum Gasteiger partial charge on any atom is -0.386 e. The van der Waals surface area contributed by atoms with Crippen LogP contribution in [0.3, 0.4) is 0 Å². The Morgan fingerprint density at radius 1 is 1.41 bits per heavy atom. The van der Waals surface area contributed by atoms with Gasteiger partial charge in [0.25, 0.3) is 0 Å². The summed E-state index contributed by atoms with van der Waals surface area (Å²) in [4.78, 5) is 0. The molecule has 6 heteroatoms. The van der Waals surface area contributed by atoms with Crippen molar-refractivity contribution in [2.24, 2.45) is 14.1 Å². The second-order valence-electron chi connectivity index (χ2n) is 4.10. The predicted molar refractivity (Wildman–Crippen MR) is 67.5 cm³/mol. The summed E-state index contributed by atoms with van der Waals surface area (Å²) in [5.74, 6) is 0. The van der Waals surface area contributed by atoms with Gasteiger partial charge in [-0.05, 0) is 28.9 Å². The maximum Gasteiger partial charge on any atom is 0.103 e. The van der Waals surface area contributed by atoms with Gasteiger partial charge in [0.2, 0.25) is 0 Å². The molecule has 0 aliphatic heterocycles. The van der Waals surface area contributed by atoms with Crippen LogP contribution in [0.1, 0.15) is 23.2 Å². The number of aliphatic hydroxyl groups is 1. The number of aliphatic hydroxyl groups excluding tert-OH is 1. The smallest absolute Gasteiger partial charge is 0.103 e. The summed E-state index contributed by atoms with van der Waals surface area (Å²) in [7, 11) is 3.71. The molecule has 1 N–H and O–H groups in total. The third kappa shape index (κ3) is 2.42. The molecule has 1 unspecified atom stereocenters. The fraction of sp³-hybridized carbons (Fsp3) is 0.455. The molecule has 2 aromatic heterocycles. The molecule has 0 bridgehead atoms. The van der Waals surface area contributed by atoms with E-state index >= 15 is 0 Å². The second-order valence-corrected chi connectivity index (χ2v) is 4.90.